The van der Waals surface area contributed by atoms with Crippen molar-refractivity contribution < 1.29 is 0 Å². The van der Waals surface area contributed by atoms with Crippen molar-refractivity contribution >= 4 is 23.2 Å². The molecule has 0 amide bonds. The SMILES string of the molecule is CCC(C)Cn1ncc(Cl)c(Cl)c1=O. The van der Waals surface area contributed by atoms with Crippen LogP contribution in [0.2, 0.25) is 10.0 Å². The Morgan fingerprint density at radius 2 is 2.21 bits per heavy atom. The van der Waals surface area contributed by atoms with Crippen LogP contribution in [0.5, 0.6) is 0 Å². The first-order valence-electron chi connectivity index (χ1n) is 4.47. The summed E-state index contributed by atoms with van der Waals surface area (Å²) in [7, 11) is 0. The van der Waals surface area contributed by atoms with Gasteiger partial charge in [0.25, 0.3) is 5.56 Å². The lowest BCUT2D eigenvalue weighted by Gasteiger charge is -2.09. The monoisotopic (exact) mass is 234 g/mol. The maximum Gasteiger partial charge on any atom is 0.287 e. The van der Waals surface area contributed by atoms with Crippen molar-refractivity contribution in [2.45, 2.75) is 26.8 Å². The zero-order chi connectivity index (χ0) is 10.7. The summed E-state index contributed by atoms with van der Waals surface area (Å²) in [5.41, 5.74) is -0.320. The molecule has 3 nitrogen and oxygen atoms in total. The molecule has 1 aromatic rings. The molecule has 5 heteroatoms. The lowest BCUT2D eigenvalue weighted by molar-refractivity contribution is 0.424. The van der Waals surface area contributed by atoms with Crippen LogP contribution in [0, 0.1) is 5.92 Å². The Hall–Kier alpha value is -0.540. The molecule has 0 aliphatic heterocycles. The lowest BCUT2D eigenvalue weighted by atomic mass is 10.1. The lowest BCUT2D eigenvalue weighted by Crippen LogP contribution is -2.25. The van der Waals surface area contributed by atoms with Gasteiger partial charge in [0, 0.05) is 6.54 Å². The van der Waals surface area contributed by atoms with E-state index in [-0.39, 0.29) is 15.6 Å². The molecule has 0 aromatic carbocycles. The summed E-state index contributed by atoms with van der Waals surface area (Å²) < 4.78 is 1.35. The molecule has 0 aliphatic carbocycles. The quantitative estimate of drug-likeness (QED) is 0.807. The van der Waals surface area contributed by atoms with Crippen LogP contribution in [0.25, 0.3) is 0 Å². The summed E-state index contributed by atoms with van der Waals surface area (Å²) in [5, 5.41) is 4.17. The molecule has 0 saturated heterocycles. The standard InChI is InChI=1S/C9H12Cl2N2O/c1-3-6(2)5-13-9(14)8(11)7(10)4-12-13/h4,6H,3,5H2,1-2H3. The molecule has 0 saturated carbocycles. The van der Waals surface area contributed by atoms with E-state index in [1.165, 1.54) is 10.9 Å². The summed E-state index contributed by atoms with van der Waals surface area (Å²) in [5.74, 6) is 0.400. The Balaban J connectivity index is 3.00. The number of rotatable bonds is 3. The third-order valence-electron chi connectivity index (χ3n) is 2.12. The van der Waals surface area contributed by atoms with Crippen LogP contribution in [-0.4, -0.2) is 9.78 Å². The molecule has 14 heavy (non-hydrogen) atoms. The molecule has 0 aliphatic rings. The van der Waals surface area contributed by atoms with Gasteiger partial charge in [-0.05, 0) is 5.92 Å². The van der Waals surface area contributed by atoms with Crippen LogP contribution >= 0.6 is 23.2 Å². The molecule has 1 atom stereocenters. The highest BCUT2D eigenvalue weighted by molar-refractivity contribution is 6.41. The second-order valence-corrected chi connectivity index (χ2v) is 4.09. The van der Waals surface area contributed by atoms with Gasteiger partial charge in [-0.3, -0.25) is 4.79 Å². The first-order chi connectivity index (χ1) is 6.56. The average molecular weight is 235 g/mol. The van der Waals surface area contributed by atoms with Crippen molar-refractivity contribution in [2.24, 2.45) is 5.92 Å². The van der Waals surface area contributed by atoms with E-state index in [1.54, 1.807) is 0 Å². The van der Waals surface area contributed by atoms with Crippen molar-refractivity contribution in [3.8, 4) is 0 Å². The van der Waals surface area contributed by atoms with Gasteiger partial charge in [0.15, 0.2) is 0 Å². The third-order valence-corrected chi connectivity index (χ3v) is 2.87. The van der Waals surface area contributed by atoms with Gasteiger partial charge >= 0.3 is 0 Å². The molecule has 78 valence electrons. The van der Waals surface area contributed by atoms with E-state index >= 15 is 0 Å². The minimum Gasteiger partial charge on any atom is -0.266 e. The van der Waals surface area contributed by atoms with E-state index in [0.29, 0.717) is 12.5 Å². The van der Waals surface area contributed by atoms with Crippen molar-refractivity contribution in [1.82, 2.24) is 9.78 Å². The summed E-state index contributed by atoms with van der Waals surface area (Å²) in [4.78, 5) is 11.5. The van der Waals surface area contributed by atoms with Crippen LogP contribution in [-0.2, 0) is 6.54 Å². The van der Waals surface area contributed by atoms with Gasteiger partial charge < -0.3 is 0 Å². The summed E-state index contributed by atoms with van der Waals surface area (Å²) in [6.45, 7) is 4.69. The third kappa shape index (κ3) is 2.49. The van der Waals surface area contributed by atoms with Gasteiger partial charge in [-0.2, -0.15) is 5.10 Å². The highest BCUT2D eigenvalue weighted by atomic mass is 35.5. The number of nitrogens with zero attached hydrogens (tertiary/aromatic N) is 2. The van der Waals surface area contributed by atoms with Crippen LogP contribution < -0.4 is 5.56 Å². The molecule has 0 fully saturated rings. The maximum absolute atomic E-state index is 11.5. The van der Waals surface area contributed by atoms with Crippen molar-refractivity contribution in [1.29, 1.82) is 0 Å². The van der Waals surface area contributed by atoms with Gasteiger partial charge in [0.05, 0.1) is 11.2 Å². The van der Waals surface area contributed by atoms with Crippen LogP contribution in [0.15, 0.2) is 11.0 Å². The Kier molecular flexibility index (Phi) is 3.96. The van der Waals surface area contributed by atoms with E-state index in [9.17, 15) is 4.79 Å². The largest absolute Gasteiger partial charge is 0.287 e. The molecule has 1 unspecified atom stereocenters. The van der Waals surface area contributed by atoms with Crippen LogP contribution in [0.3, 0.4) is 0 Å². The van der Waals surface area contributed by atoms with E-state index in [2.05, 4.69) is 18.9 Å². The molecule has 1 rings (SSSR count). The number of aromatic nitrogens is 2. The maximum atomic E-state index is 11.5. The zero-order valence-electron chi connectivity index (χ0n) is 8.13. The number of hydrogen-bond acceptors (Lipinski definition) is 2. The first kappa shape index (κ1) is 11.5. The smallest absolute Gasteiger partial charge is 0.266 e. The van der Waals surface area contributed by atoms with E-state index in [1.807, 2.05) is 0 Å². The van der Waals surface area contributed by atoms with Gasteiger partial charge in [-0.1, -0.05) is 43.5 Å². The van der Waals surface area contributed by atoms with E-state index < -0.39 is 0 Å². The highest BCUT2D eigenvalue weighted by Gasteiger charge is 2.09. The molecule has 0 radical (unpaired) electrons. The molecular weight excluding hydrogens is 223 g/mol. The normalized spacial score (nSPS) is 12.9. The molecule has 0 spiro atoms. The van der Waals surface area contributed by atoms with E-state index in [4.69, 9.17) is 23.2 Å². The second-order valence-electron chi connectivity index (χ2n) is 3.31. The fraction of sp³-hybridized carbons (Fsp3) is 0.556. The van der Waals surface area contributed by atoms with Crippen LogP contribution in [0.4, 0.5) is 0 Å². The fourth-order valence-electron chi connectivity index (χ4n) is 0.999. The van der Waals surface area contributed by atoms with Gasteiger partial charge in [0.1, 0.15) is 5.02 Å². The summed E-state index contributed by atoms with van der Waals surface area (Å²) in [6.07, 6.45) is 2.39. The number of hydrogen-bond donors (Lipinski definition) is 0. The van der Waals surface area contributed by atoms with Crippen molar-refractivity contribution in [3.63, 3.8) is 0 Å². The fourth-order valence-corrected chi connectivity index (χ4v) is 1.27. The molecule has 0 N–H and O–H groups in total. The topological polar surface area (TPSA) is 34.9 Å². The molecular formula is C9H12Cl2N2O. The Morgan fingerprint density at radius 1 is 1.57 bits per heavy atom. The minimum absolute atomic E-state index is 0.0463. The van der Waals surface area contributed by atoms with Gasteiger partial charge in [0.2, 0.25) is 0 Å². The molecule has 1 heterocycles. The van der Waals surface area contributed by atoms with E-state index in [0.717, 1.165) is 6.42 Å². The molecule has 0 bridgehead atoms. The number of halogens is 2. The van der Waals surface area contributed by atoms with Gasteiger partial charge in [-0.25, -0.2) is 4.68 Å². The minimum atomic E-state index is -0.320. The summed E-state index contributed by atoms with van der Waals surface area (Å²) >= 11 is 11.4. The average Bonchev–Trinajstić information content (AvgIpc) is 2.19. The van der Waals surface area contributed by atoms with Crippen molar-refractivity contribution in [2.75, 3.05) is 0 Å². The highest BCUT2D eigenvalue weighted by Crippen LogP contribution is 2.15. The first-order valence-corrected chi connectivity index (χ1v) is 5.23. The zero-order valence-corrected chi connectivity index (χ0v) is 9.64. The van der Waals surface area contributed by atoms with Crippen LogP contribution in [0.1, 0.15) is 20.3 Å². The Bertz CT molecular complexity index is 376. The molecule has 1 aromatic heterocycles. The predicted octanol–water partition coefficient (Wildman–Crippen LogP) is 2.60. The van der Waals surface area contributed by atoms with Gasteiger partial charge in [-0.15, -0.1) is 0 Å². The summed E-state index contributed by atoms with van der Waals surface area (Å²) in [6, 6.07) is 0. The predicted molar refractivity (Wildman–Crippen MR) is 58.0 cm³/mol. The Labute approximate surface area is 92.6 Å². The second kappa shape index (κ2) is 4.80. The van der Waals surface area contributed by atoms with Crippen molar-refractivity contribution in [3.05, 3.63) is 26.6 Å². The Morgan fingerprint density at radius 3 is 2.79 bits per heavy atom.